The molecule has 0 saturated heterocycles. The van der Waals surface area contributed by atoms with Gasteiger partial charge in [-0.2, -0.15) is 0 Å². The number of hydrogen-bond donors (Lipinski definition) is 0. The quantitative estimate of drug-likeness (QED) is 0.357. The van der Waals surface area contributed by atoms with Crippen molar-refractivity contribution in [3.8, 4) is 11.8 Å². The molecular weight excluding hydrogens is 119 g/mol. The molecule has 1 rings (SSSR count). The summed E-state index contributed by atoms with van der Waals surface area (Å²) < 4.78 is 0. The van der Waals surface area contributed by atoms with Gasteiger partial charge in [0.2, 0.25) is 0 Å². The van der Waals surface area contributed by atoms with E-state index in [1.54, 1.807) is 0 Å². The van der Waals surface area contributed by atoms with Crippen LogP contribution in [0.4, 0.5) is 0 Å². The van der Waals surface area contributed by atoms with E-state index in [9.17, 15) is 0 Å². The van der Waals surface area contributed by atoms with Crippen LogP contribution in [0, 0.1) is 11.8 Å². The van der Waals surface area contributed by atoms with E-state index in [2.05, 4.69) is 11.8 Å². The van der Waals surface area contributed by atoms with Gasteiger partial charge in [-0.05, 0) is 19.1 Å². The molecule has 1 heteroatoms. The summed E-state index contributed by atoms with van der Waals surface area (Å²) in [7, 11) is 5.47. The Morgan fingerprint density at radius 2 is 1.80 bits per heavy atom. The third-order valence-corrected chi connectivity index (χ3v) is 1.18. The van der Waals surface area contributed by atoms with Crippen LogP contribution in [0.5, 0.6) is 0 Å². The second kappa shape index (κ2) is 3.13. The standard InChI is InChI=1S/C9H7B/c1-2-3-8-4-6-9(10)7-5-8/h4-7H,1H3. The number of rotatable bonds is 0. The highest BCUT2D eigenvalue weighted by Crippen LogP contribution is 1.91. The molecule has 10 heavy (non-hydrogen) atoms. The van der Waals surface area contributed by atoms with Crippen LogP contribution in [0.1, 0.15) is 12.5 Å². The zero-order chi connectivity index (χ0) is 7.40. The van der Waals surface area contributed by atoms with E-state index < -0.39 is 0 Å². The third-order valence-electron chi connectivity index (χ3n) is 1.18. The lowest BCUT2D eigenvalue weighted by molar-refractivity contribution is 1.68. The van der Waals surface area contributed by atoms with E-state index in [0.29, 0.717) is 0 Å². The first-order valence-electron chi connectivity index (χ1n) is 3.11. The monoisotopic (exact) mass is 126 g/mol. The molecule has 1 aromatic rings. The Balaban J connectivity index is 2.97. The van der Waals surface area contributed by atoms with Gasteiger partial charge >= 0.3 is 0 Å². The smallest absolute Gasteiger partial charge is 0.101 e. The van der Waals surface area contributed by atoms with Crippen LogP contribution in [-0.2, 0) is 0 Å². The van der Waals surface area contributed by atoms with E-state index in [0.717, 1.165) is 11.0 Å². The van der Waals surface area contributed by atoms with Gasteiger partial charge in [0, 0.05) is 5.56 Å². The molecule has 0 N–H and O–H groups in total. The Bertz CT molecular complexity index is 261. The fourth-order valence-corrected chi connectivity index (χ4v) is 0.711. The summed E-state index contributed by atoms with van der Waals surface area (Å²) >= 11 is 0. The van der Waals surface area contributed by atoms with Gasteiger partial charge in [0.1, 0.15) is 7.85 Å². The Hall–Kier alpha value is -1.16. The van der Waals surface area contributed by atoms with E-state index in [4.69, 9.17) is 7.85 Å². The van der Waals surface area contributed by atoms with Crippen LogP contribution in [0.2, 0.25) is 0 Å². The molecule has 0 bridgehead atoms. The van der Waals surface area contributed by atoms with Gasteiger partial charge in [0.25, 0.3) is 0 Å². The van der Waals surface area contributed by atoms with Crippen LogP contribution in [0.3, 0.4) is 0 Å². The predicted octanol–water partition coefficient (Wildman–Crippen LogP) is 0.852. The van der Waals surface area contributed by atoms with Crippen LogP contribution in [-0.4, -0.2) is 7.85 Å². The minimum absolute atomic E-state index is 0.779. The highest BCUT2D eigenvalue weighted by molar-refractivity contribution is 6.32. The van der Waals surface area contributed by atoms with Gasteiger partial charge in [-0.25, -0.2) is 0 Å². The van der Waals surface area contributed by atoms with Gasteiger partial charge in [-0.15, -0.1) is 5.92 Å². The van der Waals surface area contributed by atoms with E-state index in [1.165, 1.54) is 0 Å². The molecule has 1 aromatic carbocycles. The molecule has 0 aromatic heterocycles. The lowest BCUT2D eigenvalue weighted by Gasteiger charge is -1.90. The average Bonchev–Trinajstić information content (AvgIpc) is 1.95. The first-order valence-corrected chi connectivity index (χ1v) is 3.11. The lowest BCUT2D eigenvalue weighted by atomic mass is 9.95. The Morgan fingerprint density at radius 3 is 2.30 bits per heavy atom. The summed E-state index contributed by atoms with van der Waals surface area (Å²) in [6, 6.07) is 7.51. The first kappa shape index (κ1) is 6.96. The van der Waals surface area contributed by atoms with Crippen molar-refractivity contribution in [3.63, 3.8) is 0 Å². The van der Waals surface area contributed by atoms with Crippen molar-refractivity contribution in [2.75, 3.05) is 0 Å². The number of hydrogen-bond acceptors (Lipinski definition) is 0. The van der Waals surface area contributed by atoms with E-state index in [1.807, 2.05) is 31.2 Å². The summed E-state index contributed by atoms with van der Waals surface area (Å²) in [5, 5.41) is 0. The Kier molecular flexibility index (Phi) is 2.17. The van der Waals surface area contributed by atoms with Crippen molar-refractivity contribution in [3.05, 3.63) is 29.8 Å². The van der Waals surface area contributed by atoms with Crippen molar-refractivity contribution < 1.29 is 0 Å². The first-order chi connectivity index (χ1) is 4.83. The van der Waals surface area contributed by atoms with Crippen LogP contribution in [0.15, 0.2) is 24.3 Å². The predicted molar refractivity (Wildman–Crippen MR) is 44.4 cm³/mol. The van der Waals surface area contributed by atoms with E-state index >= 15 is 0 Å². The molecule has 46 valence electrons. The topological polar surface area (TPSA) is 0 Å². The zero-order valence-electron chi connectivity index (χ0n) is 5.89. The van der Waals surface area contributed by atoms with Crippen molar-refractivity contribution >= 4 is 13.3 Å². The molecule has 0 heterocycles. The largest absolute Gasteiger partial charge is 0.113 e. The molecule has 0 aliphatic carbocycles. The van der Waals surface area contributed by atoms with Crippen LogP contribution in [0.25, 0.3) is 0 Å². The van der Waals surface area contributed by atoms with Gasteiger partial charge in [0.05, 0.1) is 0 Å². The normalized spacial score (nSPS) is 8.10. The molecule has 0 nitrogen and oxygen atoms in total. The van der Waals surface area contributed by atoms with Crippen molar-refractivity contribution in [1.82, 2.24) is 0 Å². The van der Waals surface area contributed by atoms with Gasteiger partial charge < -0.3 is 0 Å². The molecular formula is C9H7B. The summed E-state index contributed by atoms with van der Waals surface area (Å²) in [4.78, 5) is 0. The molecule has 0 saturated carbocycles. The lowest BCUT2D eigenvalue weighted by Crippen LogP contribution is -1.99. The van der Waals surface area contributed by atoms with Gasteiger partial charge in [-0.1, -0.05) is 23.5 Å². The average molecular weight is 126 g/mol. The fraction of sp³-hybridized carbons (Fsp3) is 0.111. The van der Waals surface area contributed by atoms with Crippen LogP contribution >= 0.6 is 0 Å². The van der Waals surface area contributed by atoms with Gasteiger partial charge in [0.15, 0.2) is 0 Å². The maximum Gasteiger partial charge on any atom is 0.113 e. The summed E-state index contributed by atoms with van der Waals surface area (Å²) in [5.74, 6) is 5.74. The SMILES string of the molecule is [B]c1ccc(C#CC)cc1. The number of benzene rings is 1. The second-order valence-electron chi connectivity index (χ2n) is 2.00. The minimum Gasteiger partial charge on any atom is -0.101 e. The van der Waals surface area contributed by atoms with Crippen molar-refractivity contribution in [2.24, 2.45) is 0 Å². The van der Waals surface area contributed by atoms with Gasteiger partial charge in [-0.3, -0.25) is 0 Å². The van der Waals surface area contributed by atoms with Crippen molar-refractivity contribution in [1.29, 1.82) is 0 Å². The highest BCUT2D eigenvalue weighted by atomic mass is 13.8. The molecule has 0 atom stereocenters. The summed E-state index contributed by atoms with van der Waals surface area (Å²) in [6.07, 6.45) is 0. The maximum absolute atomic E-state index is 5.47. The second-order valence-corrected chi connectivity index (χ2v) is 2.00. The van der Waals surface area contributed by atoms with Crippen molar-refractivity contribution in [2.45, 2.75) is 6.92 Å². The zero-order valence-corrected chi connectivity index (χ0v) is 5.89. The van der Waals surface area contributed by atoms with Crippen LogP contribution < -0.4 is 5.46 Å². The fourth-order valence-electron chi connectivity index (χ4n) is 0.711. The molecule has 0 aliphatic rings. The maximum atomic E-state index is 5.47. The highest BCUT2D eigenvalue weighted by Gasteiger charge is 1.83. The molecule has 0 spiro atoms. The third kappa shape index (κ3) is 1.67. The molecule has 0 unspecified atom stereocenters. The molecule has 0 aliphatic heterocycles. The minimum atomic E-state index is 0.779. The summed E-state index contributed by atoms with van der Waals surface area (Å²) in [5.41, 5.74) is 1.79. The summed E-state index contributed by atoms with van der Waals surface area (Å²) in [6.45, 7) is 1.82. The molecule has 2 radical (unpaired) electrons. The van der Waals surface area contributed by atoms with E-state index in [-0.39, 0.29) is 0 Å². The molecule has 0 fully saturated rings. The Labute approximate surface area is 62.7 Å². The Morgan fingerprint density at radius 1 is 1.20 bits per heavy atom. The molecule has 0 amide bonds.